The standard InChI is InChI=1S/C31H26N2O/c1-20-16-18-23(19-17-20)29-28(26-14-8-9-15-27(26)32-29)30-24-12-6-7-13-25(24)31(34)33(30)21(2)22-10-4-3-5-11-22/h3-19,21,30,32H,1-2H3/t21-,30+/m1/s1. The molecular formula is C31H26N2O. The minimum atomic E-state index is -0.189. The molecule has 34 heavy (non-hydrogen) atoms. The number of fused-ring (bicyclic) bond motifs is 2. The van der Waals surface area contributed by atoms with E-state index in [9.17, 15) is 4.79 Å². The highest BCUT2D eigenvalue weighted by molar-refractivity contribution is 6.02. The van der Waals surface area contributed by atoms with Crippen molar-refractivity contribution < 1.29 is 4.79 Å². The Morgan fingerprint density at radius 2 is 1.47 bits per heavy atom. The number of hydrogen-bond acceptors (Lipinski definition) is 1. The van der Waals surface area contributed by atoms with Crippen molar-refractivity contribution in [3.63, 3.8) is 0 Å². The van der Waals surface area contributed by atoms with Gasteiger partial charge in [0.1, 0.15) is 0 Å². The predicted molar refractivity (Wildman–Crippen MR) is 138 cm³/mol. The molecule has 2 heterocycles. The summed E-state index contributed by atoms with van der Waals surface area (Å²) < 4.78 is 0. The Morgan fingerprint density at radius 3 is 2.26 bits per heavy atom. The number of rotatable bonds is 4. The first-order valence-electron chi connectivity index (χ1n) is 11.8. The Kier molecular flexibility index (Phi) is 4.84. The van der Waals surface area contributed by atoms with Crippen molar-refractivity contribution >= 4 is 16.8 Å². The van der Waals surface area contributed by atoms with E-state index >= 15 is 0 Å². The number of benzene rings is 4. The minimum Gasteiger partial charge on any atom is -0.354 e. The third kappa shape index (κ3) is 3.16. The molecule has 0 fully saturated rings. The van der Waals surface area contributed by atoms with Crippen LogP contribution in [0.3, 0.4) is 0 Å². The molecule has 0 bridgehead atoms. The Balaban J connectivity index is 1.62. The van der Waals surface area contributed by atoms with Crippen LogP contribution < -0.4 is 0 Å². The number of nitrogens with one attached hydrogen (secondary N) is 1. The van der Waals surface area contributed by atoms with Gasteiger partial charge in [-0.1, -0.05) is 96.6 Å². The number of aromatic nitrogens is 1. The molecule has 166 valence electrons. The zero-order valence-electron chi connectivity index (χ0n) is 19.3. The quantitative estimate of drug-likeness (QED) is 0.308. The van der Waals surface area contributed by atoms with Crippen LogP contribution in [0, 0.1) is 6.92 Å². The van der Waals surface area contributed by atoms with Crippen LogP contribution in [0.4, 0.5) is 0 Å². The number of H-pyrrole nitrogens is 1. The van der Waals surface area contributed by atoms with E-state index in [1.807, 2.05) is 36.4 Å². The second-order valence-corrected chi connectivity index (χ2v) is 9.11. The van der Waals surface area contributed by atoms with Crippen molar-refractivity contribution in [3.8, 4) is 11.3 Å². The zero-order chi connectivity index (χ0) is 23.2. The molecule has 1 N–H and O–H groups in total. The van der Waals surface area contributed by atoms with Crippen LogP contribution in [0.1, 0.15) is 51.6 Å². The maximum absolute atomic E-state index is 13.9. The Morgan fingerprint density at radius 1 is 0.794 bits per heavy atom. The molecule has 0 radical (unpaired) electrons. The normalized spacial score (nSPS) is 16.1. The molecule has 6 rings (SSSR count). The molecule has 0 aliphatic carbocycles. The molecule has 0 saturated carbocycles. The maximum Gasteiger partial charge on any atom is 0.255 e. The van der Waals surface area contributed by atoms with Gasteiger partial charge in [-0.25, -0.2) is 0 Å². The fourth-order valence-corrected chi connectivity index (χ4v) is 5.32. The second-order valence-electron chi connectivity index (χ2n) is 9.11. The fourth-order valence-electron chi connectivity index (χ4n) is 5.32. The van der Waals surface area contributed by atoms with E-state index in [0.717, 1.165) is 44.4 Å². The van der Waals surface area contributed by atoms with Gasteiger partial charge in [-0.05, 0) is 42.7 Å². The molecule has 1 aromatic heterocycles. The summed E-state index contributed by atoms with van der Waals surface area (Å²) in [7, 11) is 0. The average molecular weight is 443 g/mol. The number of hydrogen-bond donors (Lipinski definition) is 1. The van der Waals surface area contributed by atoms with Crippen LogP contribution in [0.5, 0.6) is 0 Å². The molecule has 1 aliphatic heterocycles. The van der Waals surface area contributed by atoms with Crippen LogP contribution in [-0.2, 0) is 0 Å². The first kappa shape index (κ1) is 20.5. The smallest absolute Gasteiger partial charge is 0.255 e. The molecule has 2 atom stereocenters. The molecule has 1 aliphatic rings. The lowest BCUT2D eigenvalue weighted by atomic mass is 9.92. The largest absolute Gasteiger partial charge is 0.354 e. The maximum atomic E-state index is 13.9. The van der Waals surface area contributed by atoms with Crippen LogP contribution in [-0.4, -0.2) is 15.8 Å². The lowest BCUT2D eigenvalue weighted by molar-refractivity contribution is 0.0678. The molecule has 3 heteroatoms. The molecule has 1 amide bonds. The summed E-state index contributed by atoms with van der Waals surface area (Å²) in [5.41, 5.74) is 8.64. The van der Waals surface area contributed by atoms with E-state index < -0.39 is 0 Å². The van der Waals surface area contributed by atoms with E-state index in [1.54, 1.807) is 0 Å². The molecular weight excluding hydrogens is 416 g/mol. The van der Waals surface area contributed by atoms with Gasteiger partial charge < -0.3 is 9.88 Å². The third-order valence-corrected chi connectivity index (χ3v) is 7.06. The van der Waals surface area contributed by atoms with Gasteiger partial charge in [-0.2, -0.15) is 0 Å². The van der Waals surface area contributed by atoms with Crippen LogP contribution in [0.25, 0.3) is 22.2 Å². The average Bonchev–Trinajstić information content (AvgIpc) is 3.40. The first-order chi connectivity index (χ1) is 16.6. The van der Waals surface area contributed by atoms with Gasteiger partial charge in [0.15, 0.2) is 0 Å². The highest BCUT2D eigenvalue weighted by atomic mass is 16.2. The van der Waals surface area contributed by atoms with Crippen LogP contribution in [0.15, 0.2) is 103 Å². The summed E-state index contributed by atoms with van der Waals surface area (Å²) in [6.45, 7) is 4.23. The topological polar surface area (TPSA) is 36.1 Å². The van der Waals surface area contributed by atoms with E-state index in [0.29, 0.717) is 0 Å². The van der Waals surface area contributed by atoms with Gasteiger partial charge in [0, 0.05) is 22.0 Å². The summed E-state index contributed by atoms with van der Waals surface area (Å²) in [5.74, 6) is 0.0806. The van der Waals surface area contributed by atoms with E-state index in [2.05, 4.69) is 90.5 Å². The summed E-state index contributed by atoms with van der Waals surface area (Å²) in [6.07, 6.45) is 0. The van der Waals surface area contributed by atoms with Crippen molar-refractivity contribution in [2.24, 2.45) is 0 Å². The Bertz CT molecular complexity index is 1500. The van der Waals surface area contributed by atoms with Gasteiger partial charge in [0.2, 0.25) is 0 Å². The van der Waals surface area contributed by atoms with Crippen molar-refractivity contribution in [2.45, 2.75) is 25.9 Å². The molecule has 0 unspecified atom stereocenters. The minimum absolute atomic E-state index is 0.0781. The van der Waals surface area contributed by atoms with Crippen molar-refractivity contribution in [1.82, 2.24) is 9.88 Å². The number of nitrogens with zero attached hydrogens (tertiary/aromatic N) is 1. The van der Waals surface area contributed by atoms with Crippen molar-refractivity contribution in [2.75, 3.05) is 0 Å². The summed E-state index contributed by atoms with van der Waals surface area (Å²) in [5, 5.41) is 1.15. The summed E-state index contributed by atoms with van der Waals surface area (Å²) in [6, 6.07) is 35.1. The van der Waals surface area contributed by atoms with Crippen LogP contribution >= 0.6 is 0 Å². The monoisotopic (exact) mass is 442 g/mol. The van der Waals surface area contributed by atoms with Crippen LogP contribution in [0.2, 0.25) is 0 Å². The molecule has 4 aromatic carbocycles. The summed E-state index contributed by atoms with van der Waals surface area (Å²) >= 11 is 0. The number of aryl methyl sites for hydroxylation is 1. The number of para-hydroxylation sites is 1. The van der Waals surface area contributed by atoms with Crippen molar-refractivity contribution in [1.29, 1.82) is 0 Å². The van der Waals surface area contributed by atoms with Gasteiger partial charge in [0.05, 0.1) is 17.8 Å². The van der Waals surface area contributed by atoms with E-state index in [-0.39, 0.29) is 18.0 Å². The Labute approximate surface area is 199 Å². The molecule has 3 nitrogen and oxygen atoms in total. The molecule has 0 spiro atoms. The van der Waals surface area contributed by atoms with E-state index in [1.165, 1.54) is 5.56 Å². The number of carbonyl (C=O) groups is 1. The molecule has 5 aromatic rings. The number of amides is 1. The fraction of sp³-hybridized carbons (Fsp3) is 0.129. The lowest BCUT2D eigenvalue weighted by Crippen LogP contribution is -2.31. The van der Waals surface area contributed by atoms with Gasteiger partial charge in [0.25, 0.3) is 5.91 Å². The lowest BCUT2D eigenvalue weighted by Gasteiger charge is -2.32. The van der Waals surface area contributed by atoms with E-state index in [4.69, 9.17) is 0 Å². The number of aromatic amines is 1. The van der Waals surface area contributed by atoms with Gasteiger partial charge >= 0.3 is 0 Å². The third-order valence-electron chi connectivity index (χ3n) is 7.06. The van der Waals surface area contributed by atoms with Crippen molar-refractivity contribution in [3.05, 3.63) is 131 Å². The second kappa shape index (κ2) is 8.03. The molecule has 0 saturated heterocycles. The number of carbonyl (C=O) groups excluding carboxylic acids is 1. The highest BCUT2D eigenvalue weighted by Crippen LogP contribution is 2.48. The van der Waals surface area contributed by atoms with Gasteiger partial charge in [-0.3, -0.25) is 4.79 Å². The zero-order valence-corrected chi connectivity index (χ0v) is 19.3. The SMILES string of the molecule is Cc1ccc(-c2[nH]c3ccccc3c2[C@@H]2c3ccccc3C(=O)N2[C@H](C)c2ccccc2)cc1. The first-order valence-corrected chi connectivity index (χ1v) is 11.8. The summed E-state index contributed by atoms with van der Waals surface area (Å²) in [4.78, 5) is 19.6. The predicted octanol–water partition coefficient (Wildman–Crippen LogP) is 7.45. The Hall–Kier alpha value is -4.11. The van der Waals surface area contributed by atoms with Gasteiger partial charge in [-0.15, -0.1) is 0 Å². The highest BCUT2D eigenvalue weighted by Gasteiger charge is 2.42.